The zero-order valence-corrected chi connectivity index (χ0v) is 16.9. The summed E-state index contributed by atoms with van der Waals surface area (Å²) in [6.07, 6.45) is 0.00301. The van der Waals surface area contributed by atoms with E-state index in [-0.39, 0.29) is 11.3 Å². The van der Waals surface area contributed by atoms with E-state index in [0.29, 0.717) is 29.7 Å². The number of hydrogen-bond donors (Lipinski definition) is 1. The number of amides is 1. The second kappa shape index (κ2) is 8.77. The number of alkyl halides is 3. The first-order valence-electron chi connectivity index (χ1n) is 9.69. The van der Waals surface area contributed by atoms with Crippen molar-refractivity contribution < 1.29 is 32.2 Å². The van der Waals surface area contributed by atoms with Crippen molar-refractivity contribution in [3.05, 3.63) is 54.6 Å². The molecule has 1 aromatic heterocycles. The number of carbonyl (C=O) groups excluding carboxylic acids is 1. The Morgan fingerprint density at radius 1 is 1.19 bits per heavy atom. The fourth-order valence-electron chi connectivity index (χ4n) is 2.96. The van der Waals surface area contributed by atoms with Gasteiger partial charge in [-0.1, -0.05) is 0 Å². The van der Waals surface area contributed by atoms with Crippen molar-refractivity contribution in [2.24, 2.45) is 5.92 Å². The summed E-state index contributed by atoms with van der Waals surface area (Å²) in [6, 6.07) is 8.19. The van der Waals surface area contributed by atoms with E-state index >= 15 is 0 Å². The highest BCUT2D eigenvalue weighted by atomic mass is 19.4. The molecule has 0 aliphatic heterocycles. The van der Waals surface area contributed by atoms with Crippen LogP contribution in [0.15, 0.2) is 49.1 Å². The van der Waals surface area contributed by atoms with Gasteiger partial charge < -0.3 is 19.5 Å². The molecule has 0 saturated heterocycles. The van der Waals surface area contributed by atoms with Gasteiger partial charge in [0, 0.05) is 11.6 Å². The average Bonchev–Trinajstić information content (AvgIpc) is 3.42. The zero-order valence-electron chi connectivity index (χ0n) is 16.9. The van der Waals surface area contributed by atoms with E-state index in [1.807, 2.05) is 0 Å². The lowest BCUT2D eigenvalue weighted by Crippen LogP contribution is -2.18. The maximum Gasteiger partial charge on any atom is 0.573 e. The number of nitrogens with zero attached hydrogens (tertiary/aromatic N) is 3. The van der Waals surface area contributed by atoms with Crippen molar-refractivity contribution in [3.63, 3.8) is 0 Å². The Balaban J connectivity index is 1.59. The number of hydrogen-bond acceptors (Lipinski definition) is 6. The standard InChI is InChI=1S/C21H19F3N4O4/c1-30-19-8-14(4-7-18(19)31-10-13-2-3-13)20(29)27-16-9-15(32-21(22,23)24)5-6-17(16)28-12-25-11-26-28/h4-9,11-13H,2-3,10H2,1H3,(H,27,29). The second-order valence-electron chi connectivity index (χ2n) is 7.14. The summed E-state index contributed by atoms with van der Waals surface area (Å²) in [5.41, 5.74) is 0.587. The molecule has 0 bridgehead atoms. The smallest absolute Gasteiger partial charge is 0.493 e. The molecule has 11 heteroatoms. The zero-order chi connectivity index (χ0) is 22.7. The van der Waals surface area contributed by atoms with Crippen molar-refractivity contribution in [2.75, 3.05) is 19.0 Å². The fraction of sp³-hybridized carbons (Fsp3) is 0.286. The molecule has 1 amide bonds. The molecule has 0 spiro atoms. The lowest BCUT2D eigenvalue weighted by Gasteiger charge is -2.15. The predicted octanol–water partition coefficient (Wildman–Crippen LogP) is 4.22. The number of rotatable bonds is 8. The van der Waals surface area contributed by atoms with Crippen LogP contribution in [0, 0.1) is 5.92 Å². The van der Waals surface area contributed by atoms with Crippen molar-refractivity contribution in [1.29, 1.82) is 0 Å². The first-order chi connectivity index (χ1) is 15.3. The molecule has 0 unspecified atom stereocenters. The summed E-state index contributed by atoms with van der Waals surface area (Å²) < 4.78 is 54.3. The fourth-order valence-corrected chi connectivity index (χ4v) is 2.96. The third-order valence-electron chi connectivity index (χ3n) is 4.71. The predicted molar refractivity (Wildman–Crippen MR) is 107 cm³/mol. The van der Waals surface area contributed by atoms with Crippen molar-refractivity contribution in [3.8, 4) is 22.9 Å². The van der Waals surface area contributed by atoms with Crippen molar-refractivity contribution in [2.45, 2.75) is 19.2 Å². The molecule has 1 aliphatic carbocycles. The van der Waals surface area contributed by atoms with Crippen LogP contribution in [0.2, 0.25) is 0 Å². The Kier molecular flexibility index (Phi) is 5.89. The number of benzene rings is 2. The first kappa shape index (κ1) is 21.5. The molecule has 0 radical (unpaired) electrons. The molecular weight excluding hydrogens is 429 g/mol. The third kappa shape index (κ3) is 5.29. The number of methoxy groups -OCH3 is 1. The summed E-state index contributed by atoms with van der Waals surface area (Å²) in [7, 11) is 1.46. The van der Waals surface area contributed by atoms with Gasteiger partial charge in [-0.15, -0.1) is 13.2 Å². The Morgan fingerprint density at radius 3 is 2.66 bits per heavy atom. The minimum atomic E-state index is -4.88. The van der Waals surface area contributed by atoms with Gasteiger partial charge in [-0.2, -0.15) is 5.10 Å². The number of ether oxygens (including phenoxy) is 3. The van der Waals surface area contributed by atoms with Gasteiger partial charge in [0.2, 0.25) is 0 Å². The summed E-state index contributed by atoms with van der Waals surface area (Å²) >= 11 is 0. The molecule has 168 valence electrons. The largest absolute Gasteiger partial charge is 0.573 e. The van der Waals surface area contributed by atoms with Crippen LogP contribution in [0.3, 0.4) is 0 Å². The maximum absolute atomic E-state index is 12.9. The minimum Gasteiger partial charge on any atom is -0.493 e. The number of carbonyl (C=O) groups is 1. The topological polar surface area (TPSA) is 87.5 Å². The molecule has 1 aliphatic rings. The average molecular weight is 448 g/mol. The number of nitrogens with one attached hydrogen (secondary N) is 1. The second-order valence-corrected chi connectivity index (χ2v) is 7.14. The number of anilines is 1. The van der Waals surface area contributed by atoms with Crippen LogP contribution in [0.1, 0.15) is 23.2 Å². The van der Waals surface area contributed by atoms with Gasteiger partial charge in [0.15, 0.2) is 11.5 Å². The van der Waals surface area contributed by atoms with E-state index in [1.165, 1.54) is 36.6 Å². The van der Waals surface area contributed by atoms with Gasteiger partial charge in [-0.05, 0) is 49.1 Å². The summed E-state index contributed by atoms with van der Waals surface area (Å²) in [6.45, 7) is 0.579. The Bertz CT molecular complexity index is 1100. The van der Waals surface area contributed by atoms with Crippen LogP contribution < -0.4 is 19.5 Å². The first-order valence-corrected chi connectivity index (χ1v) is 9.69. The van der Waals surface area contributed by atoms with Gasteiger partial charge in [0.1, 0.15) is 18.4 Å². The molecule has 3 aromatic rings. The summed E-state index contributed by atoms with van der Waals surface area (Å²) in [4.78, 5) is 16.7. The highest BCUT2D eigenvalue weighted by molar-refractivity contribution is 6.05. The Morgan fingerprint density at radius 2 is 2.00 bits per heavy atom. The highest BCUT2D eigenvalue weighted by Gasteiger charge is 2.31. The van der Waals surface area contributed by atoms with Gasteiger partial charge in [0.25, 0.3) is 5.91 Å². The monoisotopic (exact) mass is 448 g/mol. The van der Waals surface area contributed by atoms with E-state index < -0.39 is 18.0 Å². The van der Waals surface area contributed by atoms with E-state index in [9.17, 15) is 18.0 Å². The van der Waals surface area contributed by atoms with Crippen molar-refractivity contribution in [1.82, 2.24) is 14.8 Å². The van der Waals surface area contributed by atoms with Crippen LogP contribution in [-0.4, -0.2) is 40.8 Å². The van der Waals surface area contributed by atoms with Gasteiger partial charge >= 0.3 is 6.36 Å². The Labute approximate surface area is 180 Å². The third-order valence-corrected chi connectivity index (χ3v) is 4.71. The molecule has 32 heavy (non-hydrogen) atoms. The van der Waals surface area contributed by atoms with E-state index in [1.54, 1.807) is 12.1 Å². The maximum atomic E-state index is 12.9. The summed E-state index contributed by atoms with van der Waals surface area (Å²) in [5, 5.41) is 6.57. The van der Waals surface area contributed by atoms with Crippen LogP contribution in [0.25, 0.3) is 5.69 Å². The molecule has 2 aromatic carbocycles. The molecule has 1 saturated carbocycles. The Hall–Kier alpha value is -3.76. The molecule has 0 atom stereocenters. The van der Waals surface area contributed by atoms with Gasteiger partial charge in [0.05, 0.1) is 25.1 Å². The molecule has 1 fully saturated rings. The summed E-state index contributed by atoms with van der Waals surface area (Å²) in [5.74, 6) is 0.383. The van der Waals surface area contributed by atoms with E-state index in [0.717, 1.165) is 25.0 Å². The highest BCUT2D eigenvalue weighted by Crippen LogP contribution is 2.34. The van der Waals surface area contributed by atoms with Crippen LogP contribution >= 0.6 is 0 Å². The molecule has 8 nitrogen and oxygen atoms in total. The van der Waals surface area contributed by atoms with Crippen LogP contribution in [0.4, 0.5) is 18.9 Å². The van der Waals surface area contributed by atoms with Crippen molar-refractivity contribution >= 4 is 11.6 Å². The molecular formula is C21H19F3N4O4. The van der Waals surface area contributed by atoms with Gasteiger partial charge in [-0.3, -0.25) is 4.79 Å². The van der Waals surface area contributed by atoms with Crippen LogP contribution in [0.5, 0.6) is 17.2 Å². The van der Waals surface area contributed by atoms with Gasteiger partial charge in [-0.25, -0.2) is 9.67 Å². The lowest BCUT2D eigenvalue weighted by molar-refractivity contribution is -0.274. The normalized spacial score (nSPS) is 13.5. The van der Waals surface area contributed by atoms with Crippen LogP contribution in [-0.2, 0) is 0 Å². The SMILES string of the molecule is COc1cc(C(=O)Nc2cc(OC(F)(F)F)ccc2-n2cncn2)ccc1OCC1CC1. The minimum absolute atomic E-state index is 0.0512. The number of halogens is 3. The molecule has 4 rings (SSSR count). The van der Waals surface area contributed by atoms with E-state index in [2.05, 4.69) is 20.1 Å². The quantitative estimate of drug-likeness (QED) is 0.555. The number of aromatic nitrogens is 3. The molecule has 1 heterocycles. The van der Waals surface area contributed by atoms with E-state index in [4.69, 9.17) is 9.47 Å². The lowest BCUT2D eigenvalue weighted by atomic mass is 10.1. The molecule has 1 N–H and O–H groups in total.